The summed E-state index contributed by atoms with van der Waals surface area (Å²) in [6.07, 6.45) is 4.85. The number of rotatable bonds is 1. The number of aliphatic hydroxyl groups is 1. The molecule has 128 valence electrons. The minimum Gasteiger partial charge on any atom is -0.390 e. The molecule has 0 radical (unpaired) electrons. The molecule has 1 aliphatic heterocycles. The lowest BCUT2D eigenvalue weighted by Crippen LogP contribution is -2.50. The Bertz CT molecular complexity index is 777. The van der Waals surface area contributed by atoms with Crippen LogP contribution < -0.4 is 0 Å². The van der Waals surface area contributed by atoms with Gasteiger partial charge in [0.25, 0.3) is 0 Å². The number of hydrogen-bond acceptors (Lipinski definition) is 2. The summed E-state index contributed by atoms with van der Waals surface area (Å²) in [5.74, 6) is 0.188. The molecule has 1 aliphatic carbocycles. The second kappa shape index (κ2) is 5.62. The van der Waals surface area contributed by atoms with E-state index in [1.54, 1.807) is 6.92 Å². The van der Waals surface area contributed by atoms with Gasteiger partial charge in [-0.15, -0.1) is 0 Å². The van der Waals surface area contributed by atoms with Crippen LogP contribution in [0.25, 0.3) is 10.9 Å². The van der Waals surface area contributed by atoms with Crippen LogP contribution in [0.5, 0.6) is 0 Å². The molecule has 2 heterocycles. The SMILES string of the molecule is CC(=O)N1CCc2c([nH]c3ccccc23)C1C1CCCCC1(C)O. The molecule has 4 nitrogen and oxygen atoms in total. The van der Waals surface area contributed by atoms with Gasteiger partial charge in [0.2, 0.25) is 5.91 Å². The average Bonchev–Trinajstić information content (AvgIpc) is 2.92. The fourth-order valence-electron chi connectivity index (χ4n) is 4.88. The molecule has 0 saturated heterocycles. The fraction of sp³-hybridized carbons (Fsp3) is 0.550. The number of H-pyrrole nitrogens is 1. The first kappa shape index (κ1) is 15.7. The highest BCUT2D eigenvalue weighted by atomic mass is 16.3. The first-order valence-corrected chi connectivity index (χ1v) is 9.08. The van der Waals surface area contributed by atoms with Gasteiger partial charge in [-0.3, -0.25) is 4.79 Å². The molecule has 2 N–H and O–H groups in total. The van der Waals surface area contributed by atoms with Crippen molar-refractivity contribution in [3.8, 4) is 0 Å². The van der Waals surface area contributed by atoms with Crippen molar-refractivity contribution in [2.45, 2.75) is 57.6 Å². The maximum atomic E-state index is 12.3. The summed E-state index contributed by atoms with van der Waals surface area (Å²) in [5.41, 5.74) is 2.88. The van der Waals surface area contributed by atoms with Crippen molar-refractivity contribution in [2.75, 3.05) is 6.54 Å². The second-order valence-electron chi connectivity index (χ2n) is 7.68. The minimum absolute atomic E-state index is 0.0473. The third kappa shape index (κ3) is 2.35. The lowest BCUT2D eigenvalue weighted by atomic mass is 9.70. The first-order valence-electron chi connectivity index (χ1n) is 9.08. The molecule has 0 bridgehead atoms. The number of nitrogens with zero attached hydrogens (tertiary/aromatic N) is 1. The van der Waals surface area contributed by atoms with E-state index in [0.29, 0.717) is 0 Å². The average molecular weight is 326 g/mol. The van der Waals surface area contributed by atoms with Crippen LogP contribution in [0, 0.1) is 5.92 Å². The van der Waals surface area contributed by atoms with Gasteiger partial charge in [0, 0.05) is 36.0 Å². The third-order valence-corrected chi connectivity index (χ3v) is 6.11. The van der Waals surface area contributed by atoms with E-state index in [4.69, 9.17) is 0 Å². The van der Waals surface area contributed by atoms with Crippen LogP contribution in [0.4, 0.5) is 0 Å². The number of aromatic amines is 1. The normalized spacial score (nSPS) is 30.4. The molecule has 3 unspecified atom stereocenters. The predicted molar refractivity (Wildman–Crippen MR) is 94.7 cm³/mol. The smallest absolute Gasteiger partial charge is 0.220 e. The maximum absolute atomic E-state index is 12.3. The Balaban J connectivity index is 1.87. The highest BCUT2D eigenvalue weighted by Gasteiger charge is 2.46. The Labute approximate surface area is 142 Å². The minimum atomic E-state index is -0.720. The van der Waals surface area contributed by atoms with Crippen molar-refractivity contribution in [3.05, 3.63) is 35.5 Å². The number of carbonyl (C=O) groups excluding carboxylic acids is 1. The lowest BCUT2D eigenvalue weighted by Gasteiger charge is -2.47. The van der Waals surface area contributed by atoms with Crippen LogP contribution in [0.15, 0.2) is 24.3 Å². The molecule has 4 rings (SSSR count). The zero-order chi connectivity index (χ0) is 16.9. The van der Waals surface area contributed by atoms with Gasteiger partial charge in [-0.1, -0.05) is 31.0 Å². The summed E-state index contributed by atoms with van der Waals surface area (Å²) in [6, 6.07) is 8.32. The summed E-state index contributed by atoms with van der Waals surface area (Å²) in [6.45, 7) is 4.34. The molecule has 0 spiro atoms. The molecule has 2 aromatic rings. The van der Waals surface area contributed by atoms with E-state index in [-0.39, 0.29) is 17.9 Å². The number of carbonyl (C=O) groups is 1. The quantitative estimate of drug-likeness (QED) is 0.842. The summed E-state index contributed by atoms with van der Waals surface area (Å²) < 4.78 is 0. The molecule has 4 heteroatoms. The zero-order valence-electron chi connectivity index (χ0n) is 14.5. The topological polar surface area (TPSA) is 56.3 Å². The molecule has 1 aromatic heterocycles. The molecule has 1 saturated carbocycles. The number of amides is 1. The Kier molecular flexibility index (Phi) is 3.68. The number of nitrogens with one attached hydrogen (secondary N) is 1. The maximum Gasteiger partial charge on any atom is 0.220 e. The fourth-order valence-corrected chi connectivity index (χ4v) is 4.88. The summed E-state index contributed by atoms with van der Waals surface area (Å²) in [5, 5.41) is 12.3. The number of fused-ring (bicyclic) bond motifs is 3. The molecular weight excluding hydrogens is 300 g/mol. The first-order chi connectivity index (χ1) is 11.5. The highest BCUT2D eigenvalue weighted by molar-refractivity contribution is 5.86. The van der Waals surface area contributed by atoms with Gasteiger partial charge in [0.1, 0.15) is 0 Å². The van der Waals surface area contributed by atoms with E-state index < -0.39 is 5.60 Å². The molecule has 24 heavy (non-hydrogen) atoms. The van der Waals surface area contributed by atoms with Crippen LogP contribution >= 0.6 is 0 Å². The summed E-state index contributed by atoms with van der Waals surface area (Å²) in [7, 11) is 0. The van der Waals surface area contributed by atoms with E-state index in [0.717, 1.165) is 49.9 Å². The van der Waals surface area contributed by atoms with Gasteiger partial charge in [0.05, 0.1) is 11.6 Å². The highest BCUT2D eigenvalue weighted by Crippen LogP contribution is 2.47. The van der Waals surface area contributed by atoms with Gasteiger partial charge in [0.15, 0.2) is 0 Å². The number of benzene rings is 1. The summed E-state index contributed by atoms with van der Waals surface area (Å²) in [4.78, 5) is 17.9. The monoisotopic (exact) mass is 326 g/mol. The van der Waals surface area contributed by atoms with Crippen molar-refractivity contribution in [2.24, 2.45) is 5.92 Å². The summed E-state index contributed by atoms with van der Waals surface area (Å²) >= 11 is 0. The molecule has 3 atom stereocenters. The van der Waals surface area contributed by atoms with Gasteiger partial charge >= 0.3 is 0 Å². The van der Waals surface area contributed by atoms with Crippen molar-refractivity contribution in [1.82, 2.24) is 9.88 Å². The molecule has 2 aliphatic rings. The Hall–Kier alpha value is -1.81. The van der Waals surface area contributed by atoms with Crippen molar-refractivity contribution in [3.63, 3.8) is 0 Å². The second-order valence-corrected chi connectivity index (χ2v) is 7.68. The van der Waals surface area contributed by atoms with Crippen molar-refractivity contribution < 1.29 is 9.90 Å². The van der Waals surface area contributed by atoms with E-state index in [1.807, 2.05) is 17.9 Å². The Morgan fingerprint density at radius 1 is 1.33 bits per heavy atom. The number of hydrogen-bond donors (Lipinski definition) is 2. The lowest BCUT2D eigenvalue weighted by molar-refractivity contribution is -0.138. The molecular formula is C20H26N2O2. The molecule has 1 fully saturated rings. The van der Waals surface area contributed by atoms with Gasteiger partial charge in [-0.25, -0.2) is 0 Å². The van der Waals surface area contributed by atoms with Crippen LogP contribution in [-0.2, 0) is 11.2 Å². The van der Waals surface area contributed by atoms with E-state index in [2.05, 4.69) is 23.2 Å². The zero-order valence-corrected chi connectivity index (χ0v) is 14.5. The van der Waals surface area contributed by atoms with Gasteiger partial charge in [-0.2, -0.15) is 0 Å². The molecule has 1 amide bonds. The largest absolute Gasteiger partial charge is 0.390 e. The van der Waals surface area contributed by atoms with Crippen molar-refractivity contribution in [1.29, 1.82) is 0 Å². The van der Waals surface area contributed by atoms with E-state index in [9.17, 15) is 9.90 Å². The van der Waals surface area contributed by atoms with Crippen LogP contribution in [0.3, 0.4) is 0 Å². The number of para-hydroxylation sites is 1. The Morgan fingerprint density at radius 3 is 2.88 bits per heavy atom. The third-order valence-electron chi connectivity index (χ3n) is 6.11. The van der Waals surface area contributed by atoms with E-state index >= 15 is 0 Å². The molecule has 1 aromatic carbocycles. The number of aromatic nitrogens is 1. The van der Waals surface area contributed by atoms with Gasteiger partial charge < -0.3 is 15.0 Å². The van der Waals surface area contributed by atoms with Crippen LogP contribution in [0.2, 0.25) is 0 Å². The van der Waals surface area contributed by atoms with Crippen LogP contribution in [-0.4, -0.2) is 33.0 Å². The Morgan fingerprint density at radius 2 is 2.12 bits per heavy atom. The van der Waals surface area contributed by atoms with Gasteiger partial charge in [-0.05, 0) is 37.8 Å². The van der Waals surface area contributed by atoms with Crippen LogP contribution in [0.1, 0.15) is 56.8 Å². The predicted octanol–water partition coefficient (Wildman–Crippen LogP) is 3.55. The van der Waals surface area contributed by atoms with E-state index in [1.165, 1.54) is 10.9 Å². The standard InChI is InChI=1S/C20H26N2O2/c1-13(23)22-12-10-15-14-7-3-4-9-17(14)21-18(15)19(22)16-8-5-6-11-20(16,2)24/h3-4,7,9,16,19,21,24H,5-6,8,10-12H2,1-2H3. The van der Waals surface area contributed by atoms with Crippen molar-refractivity contribution >= 4 is 16.8 Å².